The summed E-state index contributed by atoms with van der Waals surface area (Å²) in [6, 6.07) is 9.80. The van der Waals surface area contributed by atoms with Crippen LogP contribution < -0.4 is 5.73 Å². The van der Waals surface area contributed by atoms with Crippen molar-refractivity contribution < 1.29 is 4.79 Å². The van der Waals surface area contributed by atoms with E-state index in [1.165, 1.54) is 4.80 Å². The summed E-state index contributed by atoms with van der Waals surface area (Å²) in [5.41, 5.74) is 6.83. The summed E-state index contributed by atoms with van der Waals surface area (Å²) < 4.78 is 0. The average Bonchev–Trinajstić information content (AvgIpc) is 3.04. The molecular formula is C16H22N6O. The summed E-state index contributed by atoms with van der Waals surface area (Å²) in [5, 5.41) is 12.3. The van der Waals surface area contributed by atoms with Crippen molar-refractivity contribution in [2.45, 2.75) is 32.4 Å². The van der Waals surface area contributed by atoms with Crippen LogP contribution in [0.25, 0.3) is 11.4 Å². The third-order valence-electron chi connectivity index (χ3n) is 4.40. The molecule has 1 amide bonds. The molecule has 2 N–H and O–H groups in total. The molecule has 0 aliphatic carbocycles. The van der Waals surface area contributed by atoms with Crippen LogP contribution in [-0.2, 0) is 11.3 Å². The first kappa shape index (κ1) is 15.6. The minimum Gasteiger partial charge on any atom is -0.341 e. The fraction of sp³-hybridized carbons (Fsp3) is 0.500. The van der Waals surface area contributed by atoms with Gasteiger partial charge in [-0.05, 0) is 30.9 Å². The third kappa shape index (κ3) is 3.73. The minimum absolute atomic E-state index is 0.0325. The van der Waals surface area contributed by atoms with Gasteiger partial charge in [0.1, 0.15) is 6.54 Å². The summed E-state index contributed by atoms with van der Waals surface area (Å²) in [6.07, 6.45) is 1.92. The Hall–Kier alpha value is -2.28. The number of carbonyl (C=O) groups excluding carboxylic acids is 1. The van der Waals surface area contributed by atoms with Gasteiger partial charge in [0, 0.05) is 24.7 Å². The molecule has 3 rings (SSSR count). The summed E-state index contributed by atoms with van der Waals surface area (Å²) in [5.74, 6) is 1.08. The van der Waals surface area contributed by atoms with Crippen molar-refractivity contribution in [2.75, 3.05) is 13.1 Å². The van der Waals surface area contributed by atoms with Crippen molar-refractivity contribution in [3.63, 3.8) is 0 Å². The quantitative estimate of drug-likeness (QED) is 0.906. The van der Waals surface area contributed by atoms with Gasteiger partial charge in [-0.3, -0.25) is 4.79 Å². The highest BCUT2D eigenvalue weighted by molar-refractivity contribution is 5.75. The zero-order valence-electron chi connectivity index (χ0n) is 13.3. The largest absolute Gasteiger partial charge is 0.341 e. The average molecular weight is 314 g/mol. The maximum Gasteiger partial charge on any atom is 0.246 e. The second-order valence-corrected chi connectivity index (χ2v) is 6.09. The molecule has 2 aromatic rings. The lowest BCUT2D eigenvalue weighted by Gasteiger charge is -2.33. The van der Waals surface area contributed by atoms with Crippen LogP contribution in [0.15, 0.2) is 30.3 Å². The Morgan fingerprint density at radius 3 is 2.65 bits per heavy atom. The molecule has 1 aromatic heterocycles. The first-order valence-corrected chi connectivity index (χ1v) is 8.00. The summed E-state index contributed by atoms with van der Waals surface area (Å²) in [7, 11) is 0. The lowest BCUT2D eigenvalue weighted by Crippen LogP contribution is -2.43. The van der Waals surface area contributed by atoms with Crippen molar-refractivity contribution in [2.24, 2.45) is 11.7 Å². The van der Waals surface area contributed by atoms with Crippen LogP contribution in [0.4, 0.5) is 0 Å². The van der Waals surface area contributed by atoms with Gasteiger partial charge in [0.15, 0.2) is 0 Å². The standard InChI is InChI=1S/C16H22N6O/c1-12(17)13-7-9-21(10-8-13)15(23)11-22-19-16(18-20-22)14-5-3-2-4-6-14/h2-6,12-13H,7-11,17H2,1H3. The number of nitrogens with two attached hydrogens (primary N) is 1. The second-order valence-electron chi connectivity index (χ2n) is 6.09. The molecule has 0 radical (unpaired) electrons. The molecule has 1 aliphatic heterocycles. The van der Waals surface area contributed by atoms with E-state index in [9.17, 15) is 4.79 Å². The van der Waals surface area contributed by atoms with Gasteiger partial charge in [-0.15, -0.1) is 10.2 Å². The van der Waals surface area contributed by atoms with Crippen molar-refractivity contribution in [3.05, 3.63) is 30.3 Å². The lowest BCUT2D eigenvalue weighted by atomic mass is 9.91. The van der Waals surface area contributed by atoms with E-state index in [-0.39, 0.29) is 18.5 Å². The summed E-state index contributed by atoms with van der Waals surface area (Å²) in [6.45, 7) is 3.67. The maximum absolute atomic E-state index is 12.4. The number of carbonyl (C=O) groups is 1. The van der Waals surface area contributed by atoms with E-state index in [2.05, 4.69) is 15.4 Å². The molecule has 0 bridgehead atoms. The highest BCUT2D eigenvalue weighted by atomic mass is 16.2. The monoisotopic (exact) mass is 314 g/mol. The van der Waals surface area contributed by atoms with Crippen molar-refractivity contribution >= 4 is 5.91 Å². The Bertz CT molecular complexity index is 646. The number of nitrogens with zero attached hydrogens (tertiary/aromatic N) is 5. The van der Waals surface area contributed by atoms with Gasteiger partial charge in [0.05, 0.1) is 0 Å². The van der Waals surface area contributed by atoms with Crippen molar-refractivity contribution in [1.29, 1.82) is 0 Å². The number of amides is 1. The van der Waals surface area contributed by atoms with Crippen molar-refractivity contribution in [3.8, 4) is 11.4 Å². The number of benzene rings is 1. The number of hydrogen-bond acceptors (Lipinski definition) is 5. The fourth-order valence-corrected chi connectivity index (χ4v) is 2.91. The van der Waals surface area contributed by atoms with Gasteiger partial charge in [0.2, 0.25) is 11.7 Å². The molecule has 7 heteroatoms. The first-order valence-electron chi connectivity index (χ1n) is 8.00. The van der Waals surface area contributed by atoms with Crippen LogP contribution >= 0.6 is 0 Å². The Morgan fingerprint density at radius 1 is 1.30 bits per heavy atom. The zero-order valence-corrected chi connectivity index (χ0v) is 13.3. The van der Waals surface area contributed by atoms with E-state index in [0.717, 1.165) is 31.5 Å². The van der Waals surface area contributed by atoms with Gasteiger partial charge in [-0.2, -0.15) is 4.80 Å². The number of aromatic nitrogens is 4. The van der Waals surface area contributed by atoms with Crippen molar-refractivity contribution in [1.82, 2.24) is 25.1 Å². The molecule has 1 aliphatic rings. The SMILES string of the molecule is CC(N)C1CCN(C(=O)Cn2nnc(-c3ccccc3)n2)CC1. The van der Waals surface area contributed by atoms with Crippen LogP contribution in [0.5, 0.6) is 0 Å². The van der Waals surface area contributed by atoms with E-state index in [1.54, 1.807) is 0 Å². The third-order valence-corrected chi connectivity index (χ3v) is 4.40. The number of likely N-dealkylation sites (tertiary alicyclic amines) is 1. The molecule has 1 unspecified atom stereocenters. The molecular weight excluding hydrogens is 292 g/mol. The molecule has 1 fully saturated rings. The second kappa shape index (κ2) is 6.87. The fourth-order valence-electron chi connectivity index (χ4n) is 2.91. The lowest BCUT2D eigenvalue weighted by molar-refractivity contribution is -0.133. The van der Waals surface area contributed by atoms with Crippen LogP contribution in [0, 0.1) is 5.92 Å². The van der Waals surface area contributed by atoms with E-state index in [0.29, 0.717) is 11.7 Å². The van der Waals surface area contributed by atoms with Gasteiger partial charge >= 0.3 is 0 Å². The minimum atomic E-state index is 0.0325. The van der Waals surface area contributed by atoms with Crippen LogP contribution in [0.2, 0.25) is 0 Å². The maximum atomic E-state index is 12.4. The van der Waals surface area contributed by atoms with Crippen LogP contribution in [-0.4, -0.2) is 50.1 Å². The number of tetrazole rings is 1. The topological polar surface area (TPSA) is 89.9 Å². The zero-order chi connectivity index (χ0) is 16.2. The Labute approximate surface area is 135 Å². The molecule has 7 nitrogen and oxygen atoms in total. The molecule has 0 spiro atoms. The van der Waals surface area contributed by atoms with Gasteiger partial charge < -0.3 is 10.6 Å². The molecule has 1 atom stereocenters. The Kier molecular flexibility index (Phi) is 4.66. The van der Waals surface area contributed by atoms with E-state index < -0.39 is 0 Å². The molecule has 1 saturated heterocycles. The highest BCUT2D eigenvalue weighted by Gasteiger charge is 2.25. The normalized spacial score (nSPS) is 17.2. The van der Waals surface area contributed by atoms with Gasteiger partial charge in [-0.25, -0.2) is 0 Å². The van der Waals surface area contributed by atoms with E-state index in [1.807, 2.05) is 42.2 Å². The van der Waals surface area contributed by atoms with E-state index >= 15 is 0 Å². The van der Waals surface area contributed by atoms with Gasteiger partial charge in [-0.1, -0.05) is 30.3 Å². The summed E-state index contributed by atoms with van der Waals surface area (Å²) >= 11 is 0. The summed E-state index contributed by atoms with van der Waals surface area (Å²) in [4.78, 5) is 15.6. The smallest absolute Gasteiger partial charge is 0.246 e. The molecule has 122 valence electrons. The van der Waals surface area contributed by atoms with Crippen LogP contribution in [0.1, 0.15) is 19.8 Å². The number of hydrogen-bond donors (Lipinski definition) is 1. The van der Waals surface area contributed by atoms with Gasteiger partial charge in [0.25, 0.3) is 0 Å². The van der Waals surface area contributed by atoms with Crippen LogP contribution in [0.3, 0.4) is 0 Å². The number of rotatable bonds is 4. The number of piperidine rings is 1. The predicted molar refractivity (Wildman–Crippen MR) is 86.2 cm³/mol. The predicted octanol–water partition coefficient (Wildman–Crippen LogP) is 0.926. The molecule has 0 saturated carbocycles. The highest BCUT2D eigenvalue weighted by Crippen LogP contribution is 2.19. The molecule has 1 aromatic carbocycles. The Morgan fingerprint density at radius 2 is 2.00 bits per heavy atom. The molecule has 2 heterocycles. The van der Waals surface area contributed by atoms with E-state index in [4.69, 9.17) is 5.73 Å². The molecule has 23 heavy (non-hydrogen) atoms. The Balaban J connectivity index is 1.58. The first-order chi connectivity index (χ1) is 11.1.